The molecule has 0 spiro atoms. The molecule has 0 fully saturated rings. The summed E-state index contributed by atoms with van der Waals surface area (Å²) in [6.45, 7) is 2.11. The molecule has 1 heterocycles. The van der Waals surface area contributed by atoms with Gasteiger partial charge >= 0.3 is 0 Å². The fraction of sp³-hybridized carbons (Fsp3) is 0.0400. The van der Waals surface area contributed by atoms with Crippen molar-refractivity contribution in [2.75, 3.05) is 4.90 Å². The number of anilines is 3. The van der Waals surface area contributed by atoms with E-state index in [9.17, 15) is 0 Å². The maximum absolute atomic E-state index is 6.11. The summed E-state index contributed by atoms with van der Waals surface area (Å²) < 4.78 is 6.11. The quantitative estimate of drug-likeness (QED) is 0.338. The number of para-hydroxylation sites is 2. The highest BCUT2D eigenvalue weighted by Gasteiger charge is 2.18. The van der Waals surface area contributed by atoms with Gasteiger partial charge in [0.15, 0.2) is 0 Å². The molecule has 0 bridgehead atoms. The van der Waals surface area contributed by atoms with Crippen molar-refractivity contribution in [1.82, 2.24) is 0 Å². The molecule has 0 radical (unpaired) electrons. The number of hydrogen-bond acceptors (Lipinski definition) is 2. The normalized spacial score (nSPS) is 11.1. The van der Waals surface area contributed by atoms with Crippen molar-refractivity contribution in [2.45, 2.75) is 6.92 Å². The molecule has 5 rings (SSSR count). The summed E-state index contributed by atoms with van der Waals surface area (Å²) in [6.07, 6.45) is 0. The molecule has 0 unspecified atom stereocenters. The van der Waals surface area contributed by atoms with Crippen LogP contribution in [-0.4, -0.2) is 0 Å². The summed E-state index contributed by atoms with van der Waals surface area (Å²) in [4.78, 5) is 2.30. The molecule has 4 aromatic carbocycles. The molecule has 0 N–H and O–H groups in total. The molecule has 0 aliphatic heterocycles. The Hall–Kier alpha value is -3.52. The van der Waals surface area contributed by atoms with Crippen molar-refractivity contribution in [3.8, 4) is 0 Å². The first-order valence-corrected chi connectivity index (χ1v) is 9.13. The van der Waals surface area contributed by atoms with Crippen LogP contribution in [0, 0.1) is 6.92 Å². The topological polar surface area (TPSA) is 16.4 Å². The third-order valence-corrected chi connectivity index (χ3v) is 4.93. The van der Waals surface area contributed by atoms with Crippen LogP contribution in [0.2, 0.25) is 0 Å². The van der Waals surface area contributed by atoms with Gasteiger partial charge in [0, 0.05) is 16.8 Å². The van der Waals surface area contributed by atoms with E-state index in [2.05, 4.69) is 84.6 Å². The Morgan fingerprint density at radius 1 is 0.593 bits per heavy atom. The molecule has 0 amide bonds. The second kappa shape index (κ2) is 6.33. The predicted molar refractivity (Wildman–Crippen MR) is 113 cm³/mol. The Labute approximate surface area is 158 Å². The lowest BCUT2D eigenvalue weighted by molar-refractivity contribution is 0.669. The van der Waals surface area contributed by atoms with Gasteiger partial charge in [-0.3, -0.25) is 0 Å². The molecule has 0 saturated carbocycles. The van der Waals surface area contributed by atoms with E-state index in [0.717, 1.165) is 39.0 Å². The van der Waals surface area contributed by atoms with Crippen molar-refractivity contribution in [2.24, 2.45) is 0 Å². The van der Waals surface area contributed by atoms with Crippen LogP contribution in [0.25, 0.3) is 21.9 Å². The minimum absolute atomic E-state index is 0.904. The summed E-state index contributed by atoms with van der Waals surface area (Å²) in [5.41, 5.74) is 6.44. The Kier molecular flexibility index (Phi) is 3.68. The van der Waals surface area contributed by atoms with E-state index in [1.807, 2.05) is 24.3 Å². The third-order valence-electron chi connectivity index (χ3n) is 4.93. The fourth-order valence-corrected chi connectivity index (χ4v) is 3.64. The first-order valence-electron chi connectivity index (χ1n) is 9.13. The SMILES string of the molecule is Cc1ccc(N(c2ccccc2)c2cccc3oc4ccccc4c23)cc1. The monoisotopic (exact) mass is 349 g/mol. The second-order valence-electron chi connectivity index (χ2n) is 6.76. The van der Waals surface area contributed by atoms with Crippen molar-refractivity contribution in [3.05, 3.63) is 103 Å². The lowest BCUT2D eigenvalue weighted by atomic mass is 10.1. The van der Waals surface area contributed by atoms with Crippen molar-refractivity contribution < 1.29 is 4.42 Å². The first kappa shape index (κ1) is 15.7. The van der Waals surface area contributed by atoms with Gasteiger partial charge in [0.2, 0.25) is 0 Å². The van der Waals surface area contributed by atoms with Gasteiger partial charge in [0.25, 0.3) is 0 Å². The minimum Gasteiger partial charge on any atom is -0.456 e. The van der Waals surface area contributed by atoms with Crippen LogP contribution in [0.4, 0.5) is 17.1 Å². The fourth-order valence-electron chi connectivity index (χ4n) is 3.64. The van der Waals surface area contributed by atoms with Gasteiger partial charge in [0.1, 0.15) is 11.2 Å². The molecule has 5 aromatic rings. The zero-order chi connectivity index (χ0) is 18.2. The van der Waals surface area contributed by atoms with Crippen molar-refractivity contribution >= 4 is 39.0 Å². The summed E-state index contributed by atoms with van der Waals surface area (Å²) in [5.74, 6) is 0. The number of rotatable bonds is 3. The van der Waals surface area contributed by atoms with E-state index < -0.39 is 0 Å². The number of fused-ring (bicyclic) bond motifs is 3. The molecular formula is C25H19NO. The predicted octanol–water partition coefficient (Wildman–Crippen LogP) is 7.36. The molecule has 130 valence electrons. The minimum atomic E-state index is 0.904. The first-order chi connectivity index (χ1) is 13.3. The number of hydrogen-bond donors (Lipinski definition) is 0. The van der Waals surface area contributed by atoms with Crippen LogP contribution in [0.1, 0.15) is 5.56 Å². The van der Waals surface area contributed by atoms with E-state index >= 15 is 0 Å². The standard InChI is InChI=1S/C25H19NO/c1-18-14-16-20(17-15-18)26(19-8-3-2-4-9-19)22-11-7-13-24-25(22)21-10-5-6-12-23(21)27-24/h2-17H,1H3. The van der Waals surface area contributed by atoms with Crippen LogP contribution < -0.4 is 4.90 Å². The van der Waals surface area contributed by atoms with Gasteiger partial charge in [-0.2, -0.15) is 0 Å². The van der Waals surface area contributed by atoms with E-state index in [1.54, 1.807) is 0 Å². The highest BCUT2D eigenvalue weighted by molar-refractivity contribution is 6.13. The Morgan fingerprint density at radius 2 is 1.26 bits per heavy atom. The van der Waals surface area contributed by atoms with Crippen LogP contribution in [0.15, 0.2) is 101 Å². The van der Waals surface area contributed by atoms with Gasteiger partial charge in [-0.25, -0.2) is 0 Å². The molecule has 2 heteroatoms. The highest BCUT2D eigenvalue weighted by atomic mass is 16.3. The van der Waals surface area contributed by atoms with Gasteiger partial charge in [-0.1, -0.05) is 60.2 Å². The van der Waals surface area contributed by atoms with Crippen molar-refractivity contribution in [1.29, 1.82) is 0 Å². The summed E-state index contributed by atoms with van der Waals surface area (Å²) in [6, 6.07) is 33.6. The summed E-state index contributed by atoms with van der Waals surface area (Å²) in [5, 5.41) is 2.27. The second-order valence-corrected chi connectivity index (χ2v) is 6.76. The average Bonchev–Trinajstić information content (AvgIpc) is 3.10. The van der Waals surface area contributed by atoms with Crippen molar-refractivity contribution in [3.63, 3.8) is 0 Å². The molecule has 0 saturated heterocycles. The maximum atomic E-state index is 6.11. The zero-order valence-corrected chi connectivity index (χ0v) is 15.1. The number of benzene rings is 4. The number of aryl methyl sites for hydroxylation is 1. The van der Waals surface area contributed by atoms with Crippen LogP contribution in [-0.2, 0) is 0 Å². The number of nitrogens with zero attached hydrogens (tertiary/aromatic N) is 1. The molecule has 0 aliphatic carbocycles. The highest BCUT2D eigenvalue weighted by Crippen LogP contribution is 2.42. The molecule has 0 aliphatic rings. The van der Waals surface area contributed by atoms with Crippen LogP contribution in [0.5, 0.6) is 0 Å². The maximum Gasteiger partial charge on any atom is 0.137 e. The third kappa shape index (κ3) is 2.67. The van der Waals surface area contributed by atoms with Gasteiger partial charge in [-0.15, -0.1) is 0 Å². The lowest BCUT2D eigenvalue weighted by Crippen LogP contribution is -2.10. The van der Waals surface area contributed by atoms with Gasteiger partial charge < -0.3 is 9.32 Å². The van der Waals surface area contributed by atoms with E-state index in [4.69, 9.17) is 4.42 Å². The van der Waals surface area contributed by atoms with Crippen LogP contribution >= 0.6 is 0 Å². The Morgan fingerprint density at radius 3 is 2.07 bits per heavy atom. The molecular weight excluding hydrogens is 330 g/mol. The Bertz CT molecular complexity index is 1220. The lowest BCUT2D eigenvalue weighted by Gasteiger charge is -2.26. The van der Waals surface area contributed by atoms with Crippen LogP contribution in [0.3, 0.4) is 0 Å². The zero-order valence-electron chi connectivity index (χ0n) is 15.1. The summed E-state index contributed by atoms with van der Waals surface area (Å²) in [7, 11) is 0. The largest absolute Gasteiger partial charge is 0.456 e. The summed E-state index contributed by atoms with van der Waals surface area (Å²) >= 11 is 0. The average molecular weight is 349 g/mol. The molecule has 0 atom stereocenters. The molecule has 27 heavy (non-hydrogen) atoms. The van der Waals surface area contributed by atoms with Gasteiger partial charge in [-0.05, 0) is 49.4 Å². The number of furan rings is 1. The van der Waals surface area contributed by atoms with E-state index in [0.29, 0.717) is 0 Å². The van der Waals surface area contributed by atoms with E-state index in [1.165, 1.54) is 5.56 Å². The smallest absolute Gasteiger partial charge is 0.137 e. The van der Waals surface area contributed by atoms with Gasteiger partial charge in [0.05, 0.1) is 11.1 Å². The van der Waals surface area contributed by atoms with E-state index in [-0.39, 0.29) is 0 Å². The molecule has 2 nitrogen and oxygen atoms in total. The molecule has 1 aromatic heterocycles. The Balaban J connectivity index is 1.83.